The third-order valence-corrected chi connectivity index (χ3v) is 4.85. The lowest BCUT2D eigenvalue weighted by Gasteiger charge is -2.07. The quantitative estimate of drug-likeness (QED) is 0.629. The Kier molecular flexibility index (Phi) is 3.93. The zero-order chi connectivity index (χ0) is 17.5. The number of halogens is 1. The Morgan fingerprint density at radius 1 is 1.46 bits per heavy atom. The van der Waals surface area contributed by atoms with E-state index in [1.54, 1.807) is 0 Å². The molecule has 0 saturated carbocycles. The first-order chi connectivity index (χ1) is 11.3. The Labute approximate surface area is 141 Å². The van der Waals surface area contributed by atoms with Crippen molar-refractivity contribution in [3.8, 4) is 5.95 Å². The number of aromatic amines is 1. The number of sulfonamides is 1. The van der Waals surface area contributed by atoms with Gasteiger partial charge in [-0.2, -0.15) is 5.10 Å². The average Bonchev–Trinajstić information content (AvgIpc) is 3.13. The number of aromatic nitrogens is 4. The number of aromatic carboxylic acids is 1. The zero-order valence-corrected chi connectivity index (χ0v) is 13.9. The van der Waals surface area contributed by atoms with Crippen LogP contribution < -0.4 is 4.72 Å². The predicted octanol–water partition coefficient (Wildman–Crippen LogP) is 1.86. The smallest absolute Gasteiger partial charge is 0.338 e. The summed E-state index contributed by atoms with van der Waals surface area (Å²) in [6, 6.07) is 3.02. The van der Waals surface area contributed by atoms with Gasteiger partial charge in [-0.1, -0.05) is 11.6 Å². The summed E-state index contributed by atoms with van der Waals surface area (Å²) in [7, 11) is -3.47. The number of fused-ring (bicyclic) bond motifs is 1. The molecular weight excluding hydrogens is 358 g/mol. The Hall–Kier alpha value is -2.59. The van der Waals surface area contributed by atoms with Crippen LogP contribution in [0.15, 0.2) is 24.5 Å². The number of rotatable bonds is 5. The summed E-state index contributed by atoms with van der Waals surface area (Å²) >= 11 is 6.09. The minimum Gasteiger partial charge on any atom is -0.478 e. The van der Waals surface area contributed by atoms with Crippen LogP contribution >= 0.6 is 11.6 Å². The van der Waals surface area contributed by atoms with Crippen molar-refractivity contribution in [1.82, 2.24) is 19.7 Å². The first-order valence-corrected chi connectivity index (χ1v) is 8.80. The molecule has 0 saturated heterocycles. The highest BCUT2D eigenvalue weighted by Gasteiger charge is 2.14. The van der Waals surface area contributed by atoms with Gasteiger partial charge in [-0.3, -0.25) is 4.72 Å². The fraction of sp³-hybridized carbons (Fsp3) is 0.154. The van der Waals surface area contributed by atoms with E-state index < -0.39 is 16.0 Å². The molecule has 2 aromatic heterocycles. The molecule has 0 fully saturated rings. The van der Waals surface area contributed by atoms with Crippen LogP contribution in [0.5, 0.6) is 0 Å². The lowest BCUT2D eigenvalue weighted by atomic mass is 10.3. The normalized spacial score (nSPS) is 11.8. The van der Waals surface area contributed by atoms with Crippen molar-refractivity contribution in [1.29, 1.82) is 0 Å². The van der Waals surface area contributed by atoms with E-state index in [4.69, 9.17) is 16.7 Å². The molecule has 0 aliphatic heterocycles. The molecule has 0 amide bonds. The van der Waals surface area contributed by atoms with Crippen molar-refractivity contribution in [3.63, 3.8) is 0 Å². The van der Waals surface area contributed by atoms with Crippen LogP contribution in [-0.4, -0.2) is 45.0 Å². The van der Waals surface area contributed by atoms with E-state index in [1.807, 2.05) is 0 Å². The fourth-order valence-corrected chi connectivity index (χ4v) is 2.91. The molecule has 0 atom stereocenters. The number of hydrogen-bond donors (Lipinski definition) is 3. The van der Waals surface area contributed by atoms with Gasteiger partial charge in [-0.25, -0.2) is 22.9 Å². The largest absolute Gasteiger partial charge is 0.478 e. The SMILES string of the molecule is CCS(=O)(=O)Nc1cc2nc(-n3cc(C(=O)O)cn3)[nH]c2cc1Cl. The summed E-state index contributed by atoms with van der Waals surface area (Å²) in [4.78, 5) is 18.1. The Balaban J connectivity index is 2.03. The Bertz CT molecular complexity index is 1040. The molecule has 3 aromatic rings. The van der Waals surface area contributed by atoms with Gasteiger partial charge < -0.3 is 10.1 Å². The summed E-state index contributed by atoms with van der Waals surface area (Å²) in [5.41, 5.74) is 1.25. The van der Waals surface area contributed by atoms with Crippen LogP contribution in [0.2, 0.25) is 5.02 Å². The molecule has 0 spiro atoms. The topological polar surface area (TPSA) is 130 Å². The van der Waals surface area contributed by atoms with Gasteiger partial charge in [0.2, 0.25) is 16.0 Å². The maximum absolute atomic E-state index is 11.7. The molecule has 3 N–H and O–H groups in total. The van der Waals surface area contributed by atoms with Crippen molar-refractivity contribution in [2.45, 2.75) is 6.92 Å². The van der Waals surface area contributed by atoms with Crippen LogP contribution in [0, 0.1) is 0 Å². The number of nitrogens with one attached hydrogen (secondary N) is 2. The molecule has 11 heteroatoms. The first kappa shape index (κ1) is 16.3. The van der Waals surface area contributed by atoms with Gasteiger partial charge in [0.1, 0.15) is 0 Å². The third-order valence-electron chi connectivity index (χ3n) is 3.25. The van der Waals surface area contributed by atoms with Crippen LogP contribution in [-0.2, 0) is 10.0 Å². The molecule has 0 unspecified atom stereocenters. The molecule has 1 aromatic carbocycles. The third kappa shape index (κ3) is 3.05. The second-order valence-corrected chi connectivity index (χ2v) is 7.31. The Morgan fingerprint density at radius 3 is 2.83 bits per heavy atom. The van der Waals surface area contributed by atoms with E-state index in [2.05, 4.69) is 19.8 Å². The van der Waals surface area contributed by atoms with E-state index in [1.165, 1.54) is 36.1 Å². The lowest BCUT2D eigenvalue weighted by Crippen LogP contribution is -2.14. The maximum atomic E-state index is 11.7. The molecule has 0 radical (unpaired) electrons. The fourth-order valence-electron chi connectivity index (χ4n) is 1.99. The van der Waals surface area contributed by atoms with Gasteiger partial charge in [0.05, 0.1) is 39.3 Å². The zero-order valence-electron chi connectivity index (χ0n) is 12.3. The van der Waals surface area contributed by atoms with Crippen LogP contribution in [0.3, 0.4) is 0 Å². The van der Waals surface area contributed by atoms with Gasteiger partial charge >= 0.3 is 5.97 Å². The predicted molar refractivity (Wildman–Crippen MR) is 88.3 cm³/mol. The number of hydrogen-bond acceptors (Lipinski definition) is 5. The second kappa shape index (κ2) is 5.80. The van der Waals surface area contributed by atoms with E-state index in [0.29, 0.717) is 11.0 Å². The van der Waals surface area contributed by atoms with Crippen molar-refractivity contribution in [2.75, 3.05) is 10.5 Å². The second-order valence-electron chi connectivity index (χ2n) is 4.89. The molecule has 2 heterocycles. The Morgan fingerprint density at radius 2 is 2.21 bits per heavy atom. The number of imidazole rings is 1. The lowest BCUT2D eigenvalue weighted by molar-refractivity contribution is 0.0697. The molecule has 3 rings (SSSR count). The molecule has 0 aliphatic rings. The molecule has 9 nitrogen and oxygen atoms in total. The van der Waals surface area contributed by atoms with Crippen LogP contribution in [0.1, 0.15) is 17.3 Å². The number of nitrogens with zero attached hydrogens (tertiary/aromatic N) is 3. The molecule has 24 heavy (non-hydrogen) atoms. The van der Waals surface area contributed by atoms with Gasteiger partial charge in [-0.15, -0.1) is 0 Å². The summed E-state index contributed by atoms with van der Waals surface area (Å²) < 4.78 is 27.0. The number of carboxylic acid groups (broad SMARTS) is 1. The van der Waals surface area contributed by atoms with Gasteiger partial charge in [0.25, 0.3) is 0 Å². The van der Waals surface area contributed by atoms with Crippen LogP contribution in [0.25, 0.3) is 17.0 Å². The van der Waals surface area contributed by atoms with Crippen molar-refractivity contribution < 1.29 is 18.3 Å². The highest BCUT2D eigenvalue weighted by atomic mass is 35.5. The number of benzene rings is 1. The van der Waals surface area contributed by atoms with Crippen molar-refractivity contribution >= 4 is 44.3 Å². The van der Waals surface area contributed by atoms with Crippen molar-refractivity contribution in [3.05, 3.63) is 35.1 Å². The summed E-state index contributed by atoms with van der Waals surface area (Å²) in [6.45, 7) is 1.51. The average molecular weight is 370 g/mol. The van der Waals surface area contributed by atoms with Gasteiger partial charge in [-0.05, 0) is 19.1 Å². The van der Waals surface area contributed by atoms with Gasteiger partial charge in [0.15, 0.2) is 0 Å². The standard InChI is InChI=1S/C13H12ClN5O4S/c1-2-24(22,23)18-9-4-11-10(3-8(9)14)16-13(17-11)19-6-7(5-15-19)12(20)21/h3-6,18H,2H2,1H3,(H,16,17)(H,20,21). The minimum atomic E-state index is -3.47. The van der Waals surface area contributed by atoms with Crippen LogP contribution in [0.4, 0.5) is 5.69 Å². The molecular formula is C13H12ClN5O4S. The highest BCUT2D eigenvalue weighted by molar-refractivity contribution is 7.92. The van der Waals surface area contributed by atoms with E-state index in [9.17, 15) is 13.2 Å². The summed E-state index contributed by atoms with van der Waals surface area (Å²) in [6.07, 6.45) is 2.51. The summed E-state index contributed by atoms with van der Waals surface area (Å²) in [5.74, 6) is -0.904. The molecule has 0 aliphatic carbocycles. The molecule has 126 valence electrons. The number of carbonyl (C=O) groups is 1. The first-order valence-electron chi connectivity index (χ1n) is 6.77. The monoisotopic (exact) mass is 369 g/mol. The van der Waals surface area contributed by atoms with Gasteiger partial charge in [0, 0.05) is 6.20 Å². The number of carboxylic acids is 1. The highest BCUT2D eigenvalue weighted by Crippen LogP contribution is 2.28. The maximum Gasteiger partial charge on any atom is 0.338 e. The van der Waals surface area contributed by atoms with E-state index in [-0.39, 0.29) is 28.0 Å². The van der Waals surface area contributed by atoms with Crippen molar-refractivity contribution in [2.24, 2.45) is 0 Å². The van der Waals surface area contributed by atoms with E-state index >= 15 is 0 Å². The van der Waals surface area contributed by atoms with E-state index in [0.717, 1.165) is 0 Å². The summed E-state index contributed by atoms with van der Waals surface area (Å²) in [5, 5.41) is 13.1. The minimum absolute atomic E-state index is 0.0184. The number of anilines is 1. The number of H-pyrrole nitrogens is 1. The molecule has 0 bridgehead atoms.